The average molecular weight is 401 g/mol. The summed E-state index contributed by atoms with van der Waals surface area (Å²) in [5.41, 5.74) is 8.61. The maximum Gasteiger partial charge on any atom is 0.153 e. The quantitative estimate of drug-likeness (QED) is 0.639. The molecule has 2 N–H and O–H groups in total. The number of aromatic nitrogens is 2. The maximum absolute atomic E-state index is 6.17. The van der Waals surface area contributed by atoms with Crippen molar-refractivity contribution < 1.29 is 0 Å². The molecular formula is C13H8Br2ClN3. The molecule has 0 bridgehead atoms. The van der Waals surface area contributed by atoms with E-state index in [2.05, 4.69) is 36.8 Å². The number of benzene rings is 1. The smallest absolute Gasteiger partial charge is 0.153 e. The van der Waals surface area contributed by atoms with Crippen molar-refractivity contribution in [2.24, 2.45) is 0 Å². The van der Waals surface area contributed by atoms with Gasteiger partial charge in [0, 0.05) is 21.3 Å². The SMILES string of the molecule is Nc1c(-c2ccc(Cl)cc2Br)nc2c(Br)cccn12. The third-order valence-electron chi connectivity index (χ3n) is 2.83. The van der Waals surface area contributed by atoms with Gasteiger partial charge in [-0.3, -0.25) is 4.40 Å². The molecule has 2 aromatic heterocycles. The number of pyridine rings is 1. The molecule has 0 fully saturated rings. The van der Waals surface area contributed by atoms with Gasteiger partial charge in [0.1, 0.15) is 11.5 Å². The lowest BCUT2D eigenvalue weighted by Gasteiger charge is -2.03. The number of hydrogen-bond acceptors (Lipinski definition) is 2. The van der Waals surface area contributed by atoms with E-state index in [1.807, 2.05) is 40.9 Å². The molecule has 0 aliphatic carbocycles. The molecule has 96 valence electrons. The normalized spacial score (nSPS) is 11.1. The summed E-state index contributed by atoms with van der Waals surface area (Å²) < 4.78 is 3.62. The van der Waals surface area contributed by atoms with E-state index >= 15 is 0 Å². The summed E-state index contributed by atoms with van der Waals surface area (Å²) in [6.45, 7) is 0. The Morgan fingerprint density at radius 2 is 1.95 bits per heavy atom. The Balaban J connectivity index is 2.31. The van der Waals surface area contributed by atoms with E-state index in [4.69, 9.17) is 17.3 Å². The van der Waals surface area contributed by atoms with Gasteiger partial charge in [-0.05, 0) is 40.2 Å². The number of imidazole rings is 1. The number of nitrogen functional groups attached to an aromatic ring is 1. The highest BCUT2D eigenvalue weighted by atomic mass is 79.9. The van der Waals surface area contributed by atoms with Crippen LogP contribution in [0.3, 0.4) is 0 Å². The Bertz CT molecular complexity index is 783. The molecule has 6 heteroatoms. The van der Waals surface area contributed by atoms with Crippen molar-refractivity contribution in [3.05, 3.63) is 50.5 Å². The molecule has 19 heavy (non-hydrogen) atoms. The van der Waals surface area contributed by atoms with Gasteiger partial charge in [0.2, 0.25) is 0 Å². The maximum atomic E-state index is 6.17. The number of hydrogen-bond donors (Lipinski definition) is 1. The Morgan fingerprint density at radius 1 is 1.16 bits per heavy atom. The first-order valence-corrected chi connectivity index (χ1v) is 7.42. The molecular weight excluding hydrogens is 393 g/mol. The molecule has 0 saturated carbocycles. The van der Waals surface area contributed by atoms with Crippen LogP contribution in [0.25, 0.3) is 16.9 Å². The third-order valence-corrected chi connectivity index (χ3v) is 4.34. The van der Waals surface area contributed by atoms with Gasteiger partial charge in [0.05, 0.1) is 4.47 Å². The highest BCUT2D eigenvalue weighted by Crippen LogP contribution is 2.35. The Hall–Kier alpha value is -1.04. The number of rotatable bonds is 1. The second kappa shape index (κ2) is 4.81. The van der Waals surface area contributed by atoms with E-state index in [1.54, 1.807) is 0 Å². The Morgan fingerprint density at radius 3 is 2.63 bits per heavy atom. The van der Waals surface area contributed by atoms with Gasteiger partial charge in [-0.15, -0.1) is 0 Å². The van der Waals surface area contributed by atoms with Gasteiger partial charge >= 0.3 is 0 Å². The van der Waals surface area contributed by atoms with Crippen LogP contribution in [0, 0.1) is 0 Å². The summed E-state index contributed by atoms with van der Waals surface area (Å²) in [5.74, 6) is 0.597. The lowest BCUT2D eigenvalue weighted by molar-refractivity contribution is 1.19. The van der Waals surface area contributed by atoms with Crippen molar-refractivity contribution in [2.75, 3.05) is 5.73 Å². The molecule has 1 aromatic carbocycles. The van der Waals surface area contributed by atoms with E-state index in [0.717, 1.165) is 25.8 Å². The summed E-state index contributed by atoms with van der Waals surface area (Å²) >= 11 is 12.9. The van der Waals surface area contributed by atoms with Crippen molar-refractivity contribution in [1.82, 2.24) is 9.38 Å². The predicted molar refractivity (Wildman–Crippen MR) is 85.5 cm³/mol. The fourth-order valence-corrected chi connectivity index (χ4v) is 3.24. The molecule has 0 unspecified atom stereocenters. The number of halogens is 3. The highest BCUT2D eigenvalue weighted by Gasteiger charge is 2.15. The van der Waals surface area contributed by atoms with Gasteiger partial charge in [0.15, 0.2) is 5.65 Å². The molecule has 3 rings (SSSR count). The van der Waals surface area contributed by atoms with Crippen LogP contribution < -0.4 is 5.73 Å². The Labute approximate surface area is 131 Å². The standard InChI is InChI=1S/C13H8Br2ClN3/c14-9-2-1-5-19-12(17)11(18-13(9)19)8-4-3-7(16)6-10(8)15/h1-6H,17H2. The van der Waals surface area contributed by atoms with Crippen LogP contribution in [0.2, 0.25) is 5.02 Å². The molecule has 3 nitrogen and oxygen atoms in total. The predicted octanol–water partition coefficient (Wildman–Crippen LogP) is 4.76. The molecule has 3 aromatic rings. The van der Waals surface area contributed by atoms with E-state index in [-0.39, 0.29) is 0 Å². The zero-order valence-electron chi connectivity index (χ0n) is 9.57. The van der Waals surface area contributed by atoms with Crippen LogP contribution in [0.4, 0.5) is 5.82 Å². The number of anilines is 1. The summed E-state index contributed by atoms with van der Waals surface area (Å²) in [4.78, 5) is 4.59. The van der Waals surface area contributed by atoms with Gasteiger partial charge in [-0.1, -0.05) is 33.6 Å². The van der Waals surface area contributed by atoms with Crippen molar-refractivity contribution in [3.63, 3.8) is 0 Å². The second-order valence-electron chi connectivity index (χ2n) is 4.02. The molecule has 0 amide bonds. The largest absolute Gasteiger partial charge is 0.383 e. The summed E-state index contributed by atoms with van der Waals surface area (Å²) in [7, 11) is 0. The fourth-order valence-electron chi connectivity index (χ4n) is 1.93. The van der Waals surface area contributed by atoms with Crippen LogP contribution in [-0.4, -0.2) is 9.38 Å². The number of nitrogens with two attached hydrogens (primary N) is 1. The fraction of sp³-hybridized carbons (Fsp3) is 0. The molecule has 2 heterocycles. The summed E-state index contributed by atoms with van der Waals surface area (Å²) in [6, 6.07) is 9.40. The molecule has 0 atom stereocenters. The minimum Gasteiger partial charge on any atom is -0.383 e. The summed E-state index contributed by atoms with van der Waals surface area (Å²) in [6.07, 6.45) is 1.88. The van der Waals surface area contributed by atoms with Crippen molar-refractivity contribution in [1.29, 1.82) is 0 Å². The van der Waals surface area contributed by atoms with Crippen LogP contribution in [0.1, 0.15) is 0 Å². The van der Waals surface area contributed by atoms with Crippen molar-refractivity contribution >= 4 is 54.9 Å². The first kappa shape index (κ1) is 13.0. The van der Waals surface area contributed by atoms with Crippen molar-refractivity contribution in [3.8, 4) is 11.3 Å². The number of fused-ring (bicyclic) bond motifs is 1. The average Bonchev–Trinajstić information content (AvgIpc) is 2.69. The van der Waals surface area contributed by atoms with Gasteiger partial charge in [-0.25, -0.2) is 4.98 Å². The van der Waals surface area contributed by atoms with E-state index in [0.29, 0.717) is 10.8 Å². The summed E-state index contributed by atoms with van der Waals surface area (Å²) in [5, 5.41) is 0.666. The van der Waals surface area contributed by atoms with Crippen LogP contribution >= 0.6 is 43.5 Å². The lowest BCUT2D eigenvalue weighted by atomic mass is 10.1. The van der Waals surface area contributed by atoms with E-state index < -0.39 is 0 Å². The first-order valence-electron chi connectivity index (χ1n) is 5.45. The first-order chi connectivity index (χ1) is 9.08. The van der Waals surface area contributed by atoms with Crippen LogP contribution in [-0.2, 0) is 0 Å². The lowest BCUT2D eigenvalue weighted by Crippen LogP contribution is -1.94. The molecule has 0 spiro atoms. The van der Waals surface area contributed by atoms with Crippen LogP contribution in [0.15, 0.2) is 45.5 Å². The van der Waals surface area contributed by atoms with E-state index in [9.17, 15) is 0 Å². The molecule has 0 aliphatic heterocycles. The van der Waals surface area contributed by atoms with E-state index in [1.165, 1.54) is 0 Å². The zero-order valence-corrected chi connectivity index (χ0v) is 13.5. The second-order valence-corrected chi connectivity index (χ2v) is 6.16. The van der Waals surface area contributed by atoms with Gasteiger partial charge in [-0.2, -0.15) is 0 Å². The Kier molecular flexibility index (Phi) is 3.28. The molecule has 0 saturated heterocycles. The molecule has 0 radical (unpaired) electrons. The topological polar surface area (TPSA) is 43.3 Å². The third kappa shape index (κ3) is 2.16. The van der Waals surface area contributed by atoms with Gasteiger partial charge in [0.25, 0.3) is 0 Å². The van der Waals surface area contributed by atoms with Gasteiger partial charge < -0.3 is 5.73 Å². The minimum atomic E-state index is 0.597. The number of nitrogens with zero attached hydrogens (tertiary/aromatic N) is 2. The molecule has 0 aliphatic rings. The zero-order chi connectivity index (χ0) is 13.6. The monoisotopic (exact) mass is 399 g/mol. The van der Waals surface area contributed by atoms with Crippen LogP contribution in [0.5, 0.6) is 0 Å². The highest BCUT2D eigenvalue weighted by molar-refractivity contribution is 9.11. The minimum absolute atomic E-state index is 0.597. The van der Waals surface area contributed by atoms with Crippen molar-refractivity contribution in [2.45, 2.75) is 0 Å².